The maximum absolute atomic E-state index is 13.4. The molecule has 2 aliphatic rings. The lowest BCUT2D eigenvalue weighted by molar-refractivity contribution is -0.127. The zero-order chi connectivity index (χ0) is 21.3. The van der Waals surface area contributed by atoms with Crippen molar-refractivity contribution in [3.63, 3.8) is 0 Å². The third-order valence-electron chi connectivity index (χ3n) is 5.45. The van der Waals surface area contributed by atoms with Gasteiger partial charge < -0.3 is 5.32 Å². The van der Waals surface area contributed by atoms with Crippen LogP contribution in [0.5, 0.6) is 0 Å². The molecule has 1 aliphatic carbocycles. The molecule has 1 saturated heterocycles. The normalized spacial score (nSPS) is 19.4. The average molecular weight is 435 g/mol. The summed E-state index contributed by atoms with van der Waals surface area (Å²) in [6.07, 6.45) is 1.90. The Hall–Kier alpha value is -2.36. The van der Waals surface area contributed by atoms with Gasteiger partial charge >= 0.3 is 0 Å². The number of hydrogen-bond acceptors (Lipinski definition) is 4. The van der Waals surface area contributed by atoms with Crippen molar-refractivity contribution in [1.29, 1.82) is 0 Å². The highest BCUT2D eigenvalue weighted by atomic mass is 32.2. The summed E-state index contributed by atoms with van der Waals surface area (Å²) in [5.74, 6) is -1.03. The van der Waals surface area contributed by atoms with Crippen molar-refractivity contribution in [2.75, 3.05) is 26.2 Å². The molecule has 1 amide bonds. The number of piperazine rings is 1. The van der Waals surface area contributed by atoms with Gasteiger partial charge in [0, 0.05) is 32.2 Å². The molecule has 1 heterocycles. The first kappa shape index (κ1) is 20.9. The summed E-state index contributed by atoms with van der Waals surface area (Å²) in [4.78, 5) is 14.9. The maximum atomic E-state index is 13.4. The number of carbonyl (C=O) groups is 1. The fraction of sp³-hybridized carbons (Fsp3) is 0.381. The van der Waals surface area contributed by atoms with Gasteiger partial charge in [-0.25, -0.2) is 17.2 Å². The summed E-state index contributed by atoms with van der Waals surface area (Å²) in [6, 6.07) is 10.1. The lowest BCUT2D eigenvalue weighted by Gasteiger charge is -2.38. The molecule has 1 saturated carbocycles. The molecule has 1 N–H and O–H groups in total. The number of rotatable bonds is 6. The number of halogens is 2. The Kier molecular flexibility index (Phi) is 5.86. The van der Waals surface area contributed by atoms with Crippen LogP contribution in [0.25, 0.3) is 0 Å². The second kappa shape index (κ2) is 8.41. The molecule has 9 heteroatoms. The second-order valence-electron chi connectivity index (χ2n) is 7.63. The summed E-state index contributed by atoms with van der Waals surface area (Å²) in [5.41, 5.74) is 0.671. The van der Waals surface area contributed by atoms with Crippen molar-refractivity contribution in [2.24, 2.45) is 0 Å². The Morgan fingerprint density at radius 3 is 1.97 bits per heavy atom. The smallest absolute Gasteiger partial charge is 0.243 e. The molecular formula is C21H23F2N3O3S. The van der Waals surface area contributed by atoms with Gasteiger partial charge in [-0.15, -0.1) is 0 Å². The topological polar surface area (TPSA) is 69.7 Å². The van der Waals surface area contributed by atoms with Crippen molar-refractivity contribution >= 4 is 15.9 Å². The van der Waals surface area contributed by atoms with Crippen LogP contribution < -0.4 is 5.32 Å². The highest BCUT2D eigenvalue weighted by Crippen LogP contribution is 2.27. The number of sulfonamides is 1. The number of nitrogens with one attached hydrogen (secondary N) is 1. The van der Waals surface area contributed by atoms with Gasteiger partial charge in [-0.05, 0) is 54.8 Å². The van der Waals surface area contributed by atoms with Crippen LogP contribution in [-0.2, 0) is 14.8 Å². The van der Waals surface area contributed by atoms with Crippen LogP contribution in [0, 0.1) is 11.6 Å². The molecule has 6 nitrogen and oxygen atoms in total. The highest BCUT2D eigenvalue weighted by molar-refractivity contribution is 7.89. The zero-order valence-corrected chi connectivity index (χ0v) is 17.1. The third-order valence-corrected chi connectivity index (χ3v) is 7.36. The van der Waals surface area contributed by atoms with Gasteiger partial charge in [-0.1, -0.05) is 12.1 Å². The molecule has 1 atom stereocenters. The molecule has 0 unspecified atom stereocenters. The Morgan fingerprint density at radius 1 is 0.900 bits per heavy atom. The van der Waals surface area contributed by atoms with Crippen LogP contribution in [0.3, 0.4) is 0 Å². The van der Waals surface area contributed by atoms with E-state index in [0.717, 1.165) is 25.0 Å². The quantitative estimate of drug-likeness (QED) is 0.756. The van der Waals surface area contributed by atoms with E-state index in [2.05, 4.69) is 5.32 Å². The predicted octanol–water partition coefficient (Wildman–Crippen LogP) is 2.29. The van der Waals surface area contributed by atoms with Gasteiger partial charge in [0.25, 0.3) is 0 Å². The fourth-order valence-corrected chi connectivity index (χ4v) is 5.06. The van der Waals surface area contributed by atoms with Crippen molar-refractivity contribution in [3.8, 4) is 0 Å². The third kappa shape index (κ3) is 4.53. The Bertz CT molecular complexity index is 1000. The van der Waals surface area contributed by atoms with E-state index in [1.807, 2.05) is 4.90 Å². The van der Waals surface area contributed by atoms with Crippen molar-refractivity contribution in [2.45, 2.75) is 29.8 Å². The van der Waals surface area contributed by atoms with Crippen molar-refractivity contribution in [3.05, 3.63) is 65.7 Å². The largest absolute Gasteiger partial charge is 0.352 e. The summed E-state index contributed by atoms with van der Waals surface area (Å²) in [7, 11) is -3.74. The first-order valence-corrected chi connectivity index (χ1v) is 11.3. The minimum atomic E-state index is -3.74. The van der Waals surface area contributed by atoms with E-state index in [9.17, 15) is 22.0 Å². The van der Waals surface area contributed by atoms with Crippen molar-refractivity contribution < 1.29 is 22.0 Å². The molecular weight excluding hydrogens is 412 g/mol. The molecule has 4 rings (SSSR count). The van der Waals surface area contributed by atoms with Gasteiger partial charge in [-0.3, -0.25) is 9.69 Å². The summed E-state index contributed by atoms with van der Waals surface area (Å²) < 4.78 is 53.5. The number of nitrogens with zero attached hydrogens (tertiary/aromatic N) is 2. The summed E-state index contributed by atoms with van der Waals surface area (Å²) >= 11 is 0. The monoisotopic (exact) mass is 435 g/mol. The Balaban J connectivity index is 1.50. The van der Waals surface area contributed by atoms with E-state index in [-0.39, 0.29) is 35.8 Å². The number of carbonyl (C=O) groups excluding carboxylic acids is 1. The molecule has 0 aromatic heterocycles. The van der Waals surface area contributed by atoms with Gasteiger partial charge in [0.2, 0.25) is 15.9 Å². The number of amides is 1. The van der Waals surface area contributed by atoms with E-state index in [1.54, 1.807) is 12.1 Å². The summed E-state index contributed by atoms with van der Waals surface area (Å²) in [6.45, 7) is 1.10. The average Bonchev–Trinajstić information content (AvgIpc) is 3.54. The van der Waals surface area contributed by atoms with Gasteiger partial charge in [0.15, 0.2) is 0 Å². The molecule has 2 aromatic rings. The van der Waals surface area contributed by atoms with E-state index < -0.39 is 21.9 Å². The maximum Gasteiger partial charge on any atom is 0.243 e. The van der Waals surface area contributed by atoms with Crippen LogP contribution in [-0.4, -0.2) is 55.8 Å². The van der Waals surface area contributed by atoms with Crippen LogP contribution in [0.4, 0.5) is 8.78 Å². The molecule has 0 bridgehead atoms. The van der Waals surface area contributed by atoms with Crippen molar-refractivity contribution in [1.82, 2.24) is 14.5 Å². The van der Waals surface area contributed by atoms with Gasteiger partial charge in [-0.2, -0.15) is 4.31 Å². The highest BCUT2D eigenvalue weighted by Gasteiger charge is 2.36. The minimum Gasteiger partial charge on any atom is -0.352 e. The van der Waals surface area contributed by atoms with Crippen LogP contribution in [0.2, 0.25) is 0 Å². The summed E-state index contributed by atoms with van der Waals surface area (Å²) in [5, 5.41) is 3.00. The molecule has 2 aromatic carbocycles. The van der Waals surface area contributed by atoms with Crippen LogP contribution in [0.15, 0.2) is 53.4 Å². The van der Waals surface area contributed by atoms with Crippen LogP contribution >= 0.6 is 0 Å². The second-order valence-corrected chi connectivity index (χ2v) is 9.57. The molecule has 30 heavy (non-hydrogen) atoms. The van der Waals surface area contributed by atoms with Crippen LogP contribution in [0.1, 0.15) is 24.4 Å². The van der Waals surface area contributed by atoms with E-state index in [4.69, 9.17) is 0 Å². The number of hydrogen-bond donors (Lipinski definition) is 1. The minimum absolute atomic E-state index is 0.0407. The SMILES string of the molecule is O=C(NC1CC1)[C@@H](c1ccc(F)cc1)N1CCN(S(=O)(=O)c2ccc(F)cc2)CC1. The Labute approximate surface area is 174 Å². The lowest BCUT2D eigenvalue weighted by Crippen LogP contribution is -2.52. The number of benzene rings is 2. The van der Waals surface area contributed by atoms with E-state index in [0.29, 0.717) is 18.7 Å². The van der Waals surface area contributed by atoms with E-state index in [1.165, 1.54) is 28.6 Å². The van der Waals surface area contributed by atoms with Gasteiger partial charge in [0.05, 0.1) is 4.90 Å². The Morgan fingerprint density at radius 2 is 1.43 bits per heavy atom. The molecule has 0 spiro atoms. The molecule has 1 aliphatic heterocycles. The first-order valence-electron chi connectivity index (χ1n) is 9.90. The van der Waals surface area contributed by atoms with E-state index >= 15 is 0 Å². The molecule has 2 fully saturated rings. The first-order chi connectivity index (χ1) is 14.3. The molecule has 0 radical (unpaired) electrons. The predicted molar refractivity (Wildman–Crippen MR) is 107 cm³/mol. The zero-order valence-electron chi connectivity index (χ0n) is 16.3. The molecule has 160 valence electrons. The van der Waals surface area contributed by atoms with Gasteiger partial charge in [0.1, 0.15) is 17.7 Å². The fourth-order valence-electron chi connectivity index (χ4n) is 3.64. The lowest BCUT2D eigenvalue weighted by atomic mass is 10.0. The standard InChI is InChI=1S/C21H23F2N3O3S/c22-16-3-1-15(2-4-16)20(21(27)24-18-7-8-18)25-11-13-26(14-12-25)30(28,29)19-9-5-17(23)6-10-19/h1-6,9-10,18,20H,7-8,11-14H2,(H,24,27)/t20-/m1/s1.